The first kappa shape index (κ1) is 20.9. The Morgan fingerprint density at radius 1 is 1.03 bits per heavy atom. The summed E-state index contributed by atoms with van der Waals surface area (Å²) in [5.41, 5.74) is 2.78. The van der Waals surface area contributed by atoms with Crippen LogP contribution in [0.4, 0.5) is 23.1 Å². The van der Waals surface area contributed by atoms with Crippen molar-refractivity contribution in [3.8, 4) is 0 Å². The van der Waals surface area contributed by atoms with E-state index in [9.17, 15) is 4.79 Å². The molecule has 3 aromatic rings. The molecule has 2 aromatic heterocycles. The average Bonchev–Trinajstić information content (AvgIpc) is 3.08. The number of thiophene rings is 1. The molecule has 156 valence electrons. The molecule has 0 saturated carbocycles. The summed E-state index contributed by atoms with van der Waals surface area (Å²) in [4.78, 5) is 23.9. The molecular weight excluding hydrogens is 441 g/mol. The lowest BCUT2D eigenvalue weighted by Gasteiger charge is -2.28. The molecule has 1 saturated heterocycles. The van der Waals surface area contributed by atoms with Crippen molar-refractivity contribution >= 4 is 63.6 Å². The molecule has 2 N–H and O–H groups in total. The molecular formula is C21H21Cl2N5OS. The maximum atomic E-state index is 12.4. The maximum Gasteiger partial charge on any atom is 0.258 e. The molecule has 0 aliphatic carbocycles. The van der Waals surface area contributed by atoms with Gasteiger partial charge < -0.3 is 15.5 Å². The Labute approximate surface area is 189 Å². The number of hydrogen-bond acceptors (Lipinski definition) is 6. The van der Waals surface area contributed by atoms with Crippen molar-refractivity contribution in [2.75, 3.05) is 28.6 Å². The fraction of sp³-hybridized carbons (Fsp3) is 0.286. The van der Waals surface area contributed by atoms with E-state index in [0.29, 0.717) is 25.9 Å². The number of carbonyl (C=O) groups is 1. The summed E-state index contributed by atoms with van der Waals surface area (Å²) in [7, 11) is 0. The number of piperidine rings is 1. The number of anilines is 4. The molecule has 0 bridgehead atoms. The van der Waals surface area contributed by atoms with Gasteiger partial charge in [-0.2, -0.15) is 4.98 Å². The highest BCUT2D eigenvalue weighted by Gasteiger charge is 2.15. The standard InChI is InChI=1S/C21H21Cl2N5OS/c1-13-11-18(28-9-3-2-4-10-28)27-21(24-13)26-15-7-5-14(6-8-15)25-20(29)16-12-17(22)30-19(16)23/h5-8,11-12H,2-4,9-10H2,1H3,(H,25,29)(H,24,26,27). The summed E-state index contributed by atoms with van der Waals surface area (Å²) >= 11 is 13.1. The van der Waals surface area contributed by atoms with Crippen LogP contribution in [0.15, 0.2) is 36.4 Å². The Bertz CT molecular complexity index is 1050. The Balaban J connectivity index is 1.44. The Morgan fingerprint density at radius 3 is 2.40 bits per heavy atom. The van der Waals surface area contributed by atoms with E-state index in [1.54, 1.807) is 6.07 Å². The summed E-state index contributed by atoms with van der Waals surface area (Å²) < 4.78 is 0.851. The SMILES string of the molecule is Cc1cc(N2CCCCC2)nc(Nc2ccc(NC(=O)c3cc(Cl)sc3Cl)cc2)n1. The first-order chi connectivity index (χ1) is 14.5. The zero-order valence-corrected chi connectivity index (χ0v) is 18.7. The summed E-state index contributed by atoms with van der Waals surface area (Å²) in [5.74, 6) is 1.23. The van der Waals surface area contributed by atoms with Crippen LogP contribution < -0.4 is 15.5 Å². The van der Waals surface area contributed by atoms with Crippen molar-refractivity contribution in [3.05, 3.63) is 56.3 Å². The molecule has 6 nitrogen and oxygen atoms in total. The van der Waals surface area contributed by atoms with E-state index < -0.39 is 0 Å². The predicted octanol–water partition coefficient (Wildman–Crippen LogP) is 6.14. The number of rotatable bonds is 5. The molecule has 1 aliphatic rings. The van der Waals surface area contributed by atoms with Crippen LogP contribution in [0.3, 0.4) is 0 Å². The quantitative estimate of drug-likeness (QED) is 0.477. The van der Waals surface area contributed by atoms with Crippen molar-refractivity contribution in [2.45, 2.75) is 26.2 Å². The van der Waals surface area contributed by atoms with Crippen LogP contribution in [0.25, 0.3) is 0 Å². The van der Waals surface area contributed by atoms with E-state index in [2.05, 4.69) is 25.5 Å². The molecule has 0 spiro atoms. The van der Waals surface area contributed by atoms with Crippen LogP contribution in [-0.2, 0) is 0 Å². The third-order valence-electron chi connectivity index (χ3n) is 4.82. The second kappa shape index (κ2) is 9.20. The van der Waals surface area contributed by atoms with Gasteiger partial charge in [0, 0.05) is 36.2 Å². The van der Waals surface area contributed by atoms with Crippen molar-refractivity contribution in [2.24, 2.45) is 0 Å². The van der Waals surface area contributed by atoms with Crippen LogP contribution in [0.1, 0.15) is 35.3 Å². The maximum absolute atomic E-state index is 12.4. The molecule has 1 fully saturated rings. The zero-order valence-electron chi connectivity index (χ0n) is 16.4. The summed E-state index contributed by atoms with van der Waals surface area (Å²) in [6.45, 7) is 4.04. The number of amides is 1. The van der Waals surface area contributed by atoms with Gasteiger partial charge in [-0.15, -0.1) is 11.3 Å². The fourth-order valence-corrected chi connectivity index (χ4v) is 4.81. The topological polar surface area (TPSA) is 70.2 Å². The Hall–Kier alpha value is -2.35. The number of aryl methyl sites for hydroxylation is 1. The molecule has 1 aromatic carbocycles. The van der Waals surface area contributed by atoms with Crippen molar-refractivity contribution in [3.63, 3.8) is 0 Å². The molecule has 4 rings (SSSR count). The van der Waals surface area contributed by atoms with Gasteiger partial charge >= 0.3 is 0 Å². The minimum Gasteiger partial charge on any atom is -0.356 e. The number of nitrogens with one attached hydrogen (secondary N) is 2. The lowest BCUT2D eigenvalue weighted by atomic mass is 10.1. The molecule has 0 atom stereocenters. The first-order valence-electron chi connectivity index (χ1n) is 9.72. The minimum atomic E-state index is -0.294. The number of halogens is 2. The van der Waals surface area contributed by atoms with E-state index in [-0.39, 0.29) is 5.91 Å². The van der Waals surface area contributed by atoms with Gasteiger partial charge in [0.15, 0.2) is 0 Å². The Morgan fingerprint density at radius 2 is 1.73 bits per heavy atom. The number of hydrogen-bond donors (Lipinski definition) is 2. The van der Waals surface area contributed by atoms with E-state index >= 15 is 0 Å². The fourth-order valence-electron chi connectivity index (χ4n) is 3.35. The molecule has 30 heavy (non-hydrogen) atoms. The molecule has 0 radical (unpaired) electrons. The van der Waals surface area contributed by atoms with Crippen LogP contribution in [0.2, 0.25) is 8.67 Å². The van der Waals surface area contributed by atoms with Crippen LogP contribution in [0.5, 0.6) is 0 Å². The molecule has 1 aliphatic heterocycles. The Kier molecular flexibility index (Phi) is 6.41. The summed E-state index contributed by atoms with van der Waals surface area (Å²) in [5, 5.41) is 6.07. The molecule has 0 unspecified atom stereocenters. The normalized spacial score (nSPS) is 13.9. The van der Waals surface area contributed by atoms with Gasteiger partial charge in [0.05, 0.1) is 9.90 Å². The average molecular weight is 462 g/mol. The number of aromatic nitrogens is 2. The third kappa shape index (κ3) is 5.03. The van der Waals surface area contributed by atoms with Crippen molar-refractivity contribution in [1.82, 2.24) is 9.97 Å². The zero-order chi connectivity index (χ0) is 21.1. The van der Waals surface area contributed by atoms with Gasteiger partial charge in [-0.3, -0.25) is 4.79 Å². The van der Waals surface area contributed by atoms with E-state index in [1.165, 1.54) is 30.6 Å². The smallest absolute Gasteiger partial charge is 0.258 e. The van der Waals surface area contributed by atoms with Gasteiger partial charge in [-0.05, 0) is 56.5 Å². The highest BCUT2D eigenvalue weighted by molar-refractivity contribution is 7.20. The van der Waals surface area contributed by atoms with Gasteiger partial charge in [0.1, 0.15) is 10.2 Å². The van der Waals surface area contributed by atoms with E-state index in [0.717, 1.165) is 30.3 Å². The second-order valence-electron chi connectivity index (χ2n) is 7.13. The predicted molar refractivity (Wildman–Crippen MR) is 125 cm³/mol. The van der Waals surface area contributed by atoms with E-state index in [1.807, 2.05) is 37.3 Å². The van der Waals surface area contributed by atoms with Crippen molar-refractivity contribution < 1.29 is 4.79 Å². The largest absolute Gasteiger partial charge is 0.356 e. The highest BCUT2D eigenvalue weighted by Crippen LogP contribution is 2.31. The van der Waals surface area contributed by atoms with Gasteiger partial charge in [0.2, 0.25) is 5.95 Å². The lowest BCUT2D eigenvalue weighted by molar-refractivity contribution is 0.102. The second-order valence-corrected chi connectivity index (χ2v) is 9.42. The molecule has 3 heterocycles. The van der Waals surface area contributed by atoms with Gasteiger partial charge in [-0.25, -0.2) is 4.98 Å². The van der Waals surface area contributed by atoms with Crippen molar-refractivity contribution in [1.29, 1.82) is 0 Å². The van der Waals surface area contributed by atoms with Gasteiger partial charge in [0.25, 0.3) is 5.91 Å². The third-order valence-corrected chi connectivity index (χ3v) is 6.31. The molecule has 9 heteroatoms. The number of benzene rings is 1. The summed E-state index contributed by atoms with van der Waals surface area (Å²) in [6.07, 6.45) is 3.67. The minimum absolute atomic E-state index is 0.294. The summed E-state index contributed by atoms with van der Waals surface area (Å²) in [6, 6.07) is 10.9. The van der Waals surface area contributed by atoms with E-state index in [4.69, 9.17) is 23.2 Å². The van der Waals surface area contributed by atoms with Crippen LogP contribution in [0, 0.1) is 6.92 Å². The van der Waals surface area contributed by atoms with Crippen LogP contribution >= 0.6 is 34.5 Å². The highest BCUT2D eigenvalue weighted by atomic mass is 35.5. The lowest BCUT2D eigenvalue weighted by Crippen LogP contribution is -2.30. The first-order valence-corrected chi connectivity index (χ1v) is 11.3. The molecule has 1 amide bonds. The van der Waals surface area contributed by atoms with Gasteiger partial charge in [-0.1, -0.05) is 23.2 Å². The monoisotopic (exact) mass is 461 g/mol. The number of nitrogens with zero attached hydrogens (tertiary/aromatic N) is 3. The van der Waals surface area contributed by atoms with Crippen LogP contribution in [-0.4, -0.2) is 29.0 Å². The number of carbonyl (C=O) groups excluding carboxylic acids is 1.